The van der Waals surface area contributed by atoms with Gasteiger partial charge in [-0.3, -0.25) is 4.68 Å². The third kappa shape index (κ3) is 2.96. The smallest absolute Gasteiger partial charge is 0.119 e. The Hall–Kier alpha value is -1.81. The maximum Gasteiger partial charge on any atom is 0.119 e. The fraction of sp³-hybridized carbons (Fsp3) is 0.400. The van der Waals surface area contributed by atoms with E-state index in [9.17, 15) is 0 Å². The van der Waals surface area contributed by atoms with Crippen LogP contribution < -0.4 is 10.5 Å². The average Bonchev–Trinajstić information content (AvgIpc) is 2.71. The van der Waals surface area contributed by atoms with Gasteiger partial charge >= 0.3 is 0 Å². The largest absolute Gasteiger partial charge is 0.494 e. The molecule has 2 rings (SSSR count). The van der Waals surface area contributed by atoms with Gasteiger partial charge in [0.15, 0.2) is 0 Å². The van der Waals surface area contributed by atoms with Crippen molar-refractivity contribution in [1.29, 1.82) is 0 Å². The van der Waals surface area contributed by atoms with Crippen LogP contribution in [0.1, 0.15) is 29.8 Å². The maximum atomic E-state index is 5.96. The number of hydrogen-bond acceptors (Lipinski definition) is 3. The first-order chi connectivity index (χ1) is 9.15. The minimum absolute atomic E-state index is 0.145. The standard InChI is InChI=1S/C15H21N3O/c1-4-19-13-7-5-6-12(9-13)14(10-16)15-8-11(2)17-18(15)3/h5-9,14H,4,10,16H2,1-3H3. The van der Waals surface area contributed by atoms with E-state index < -0.39 is 0 Å². The van der Waals surface area contributed by atoms with E-state index in [1.807, 2.05) is 37.7 Å². The molecule has 4 heteroatoms. The molecule has 0 aliphatic carbocycles. The Labute approximate surface area is 114 Å². The summed E-state index contributed by atoms with van der Waals surface area (Å²) in [7, 11) is 1.96. The Morgan fingerprint density at radius 2 is 2.16 bits per heavy atom. The van der Waals surface area contributed by atoms with E-state index in [2.05, 4.69) is 23.3 Å². The molecule has 102 valence electrons. The molecule has 1 aromatic heterocycles. The van der Waals surface area contributed by atoms with E-state index in [0.29, 0.717) is 13.2 Å². The summed E-state index contributed by atoms with van der Waals surface area (Å²) < 4.78 is 7.45. The van der Waals surface area contributed by atoms with E-state index in [1.165, 1.54) is 0 Å². The van der Waals surface area contributed by atoms with Crippen LogP contribution in [0.3, 0.4) is 0 Å². The molecule has 0 saturated heterocycles. The summed E-state index contributed by atoms with van der Waals surface area (Å²) in [5, 5.41) is 4.39. The highest BCUT2D eigenvalue weighted by Crippen LogP contribution is 2.26. The Morgan fingerprint density at radius 3 is 2.74 bits per heavy atom. The van der Waals surface area contributed by atoms with Crippen molar-refractivity contribution in [2.75, 3.05) is 13.2 Å². The molecular weight excluding hydrogens is 238 g/mol. The van der Waals surface area contributed by atoms with Gasteiger partial charge in [-0.05, 0) is 37.6 Å². The SMILES string of the molecule is CCOc1cccc(C(CN)c2cc(C)nn2C)c1. The van der Waals surface area contributed by atoms with Crippen LogP contribution in [-0.2, 0) is 7.05 Å². The topological polar surface area (TPSA) is 53.1 Å². The lowest BCUT2D eigenvalue weighted by Gasteiger charge is -2.16. The molecule has 0 radical (unpaired) electrons. The minimum Gasteiger partial charge on any atom is -0.494 e. The summed E-state index contributed by atoms with van der Waals surface area (Å²) in [6.45, 7) is 5.20. The molecule has 1 heterocycles. The molecule has 0 aliphatic rings. The molecule has 2 aromatic rings. The molecular formula is C15H21N3O. The maximum absolute atomic E-state index is 5.96. The molecule has 4 nitrogen and oxygen atoms in total. The van der Waals surface area contributed by atoms with Gasteiger partial charge < -0.3 is 10.5 Å². The van der Waals surface area contributed by atoms with Gasteiger partial charge in [-0.25, -0.2) is 0 Å². The first-order valence-electron chi connectivity index (χ1n) is 6.59. The minimum atomic E-state index is 0.145. The van der Waals surface area contributed by atoms with Crippen molar-refractivity contribution < 1.29 is 4.74 Å². The van der Waals surface area contributed by atoms with E-state index in [0.717, 1.165) is 22.7 Å². The van der Waals surface area contributed by atoms with Gasteiger partial charge in [0.05, 0.1) is 12.3 Å². The highest BCUT2D eigenvalue weighted by atomic mass is 16.5. The van der Waals surface area contributed by atoms with Gasteiger partial charge in [0.25, 0.3) is 0 Å². The van der Waals surface area contributed by atoms with Crippen LogP contribution in [0.15, 0.2) is 30.3 Å². The highest BCUT2D eigenvalue weighted by molar-refractivity contribution is 5.36. The fourth-order valence-electron chi connectivity index (χ4n) is 2.37. The molecule has 0 spiro atoms. The fourth-order valence-corrected chi connectivity index (χ4v) is 2.37. The summed E-state index contributed by atoms with van der Waals surface area (Å²) in [4.78, 5) is 0. The molecule has 1 aromatic carbocycles. The van der Waals surface area contributed by atoms with Crippen molar-refractivity contribution in [3.05, 3.63) is 47.3 Å². The third-order valence-electron chi connectivity index (χ3n) is 3.20. The number of ether oxygens (including phenoxy) is 1. The third-order valence-corrected chi connectivity index (χ3v) is 3.20. The van der Waals surface area contributed by atoms with Crippen molar-refractivity contribution in [1.82, 2.24) is 9.78 Å². The van der Waals surface area contributed by atoms with Crippen LogP contribution >= 0.6 is 0 Å². The van der Waals surface area contributed by atoms with Crippen molar-refractivity contribution >= 4 is 0 Å². The van der Waals surface area contributed by atoms with Crippen molar-refractivity contribution in [2.24, 2.45) is 12.8 Å². The number of aromatic nitrogens is 2. The van der Waals surface area contributed by atoms with E-state index in [4.69, 9.17) is 10.5 Å². The zero-order valence-electron chi connectivity index (χ0n) is 11.8. The van der Waals surface area contributed by atoms with Crippen LogP contribution in [0.25, 0.3) is 0 Å². The van der Waals surface area contributed by atoms with Crippen LogP contribution in [-0.4, -0.2) is 22.9 Å². The number of nitrogens with two attached hydrogens (primary N) is 1. The number of nitrogens with zero attached hydrogens (tertiary/aromatic N) is 2. The van der Waals surface area contributed by atoms with Gasteiger partial charge in [0.1, 0.15) is 5.75 Å². The second-order valence-electron chi connectivity index (χ2n) is 4.63. The second-order valence-corrected chi connectivity index (χ2v) is 4.63. The normalized spacial score (nSPS) is 12.4. The molecule has 2 N–H and O–H groups in total. The molecule has 1 atom stereocenters. The first-order valence-corrected chi connectivity index (χ1v) is 6.59. The van der Waals surface area contributed by atoms with E-state index in [1.54, 1.807) is 0 Å². The average molecular weight is 259 g/mol. The van der Waals surface area contributed by atoms with E-state index >= 15 is 0 Å². The molecule has 0 fully saturated rings. The Morgan fingerprint density at radius 1 is 1.37 bits per heavy atom. The lowest BCUT2D eigenvalue weighted by Crippen LogP contribution is -2.17. The molecule has 19 heavy (non-hydrogen) atoms. The second kappa shape index (κ2) is 5.89. The quantitative estimate of drug-likeness (QED) is 0.895. The monoisotopic (exact) mass is 259 g/mol. The van der Waals surface area contributed by atoms with Crippen LogP contribution in [0.2, 0.25) is 0 Å². The number of aryl methyl sites for hydroxylation is 2. The molecule has 0 aliphatic heterocycles. The summed E-state index contributed by atoms with van der Waals surface area (Å²) in [5.74, 6) is 1.03. The Bertz CT molecular complexity index is 548. The summed E-state index contributed by atoms with van der Waals surface area (Å²) in [6.07, 6.45) is 0. The van der Waals surface area contributed by atoms with Gasteiger partial charge in [-0.15, -0.1) is 0 Å². The van der Waals surface area contributed by atoms with E-state index in [-0.39, 0.29) is 5.92 Å². The molecule has 0 saturated carbocycles. The van der Waals surface area contributed by atoms with Crippen LogP contribution in [0.4, 0.5) is 0 Å². The van der Waals surface area contributed by atoms with Gasteiger partial charge in [-0.2, -0.15) is 5.10 Å². The van der Waals surface area contributed by atoms with Crippen molar-refractivity contribution in [2.45, 2.75) is 19.8 Å². The lowest BCUT2D eigenvalue weighted by atomic mass is 9.95. The van der Waals surface area contributed by atoms with Gasteiger partial charge in [-0.1, -0.05) is 12.1 Å². The van der Waals surface area contributed by atoms with Gasteiger partial charge in [0, 0.05) is 25.2 Å². The predicted molar refractivity (Wildman–Crippen MR) is 76.5 cm³/mol. The number of hydrogen-bond donors (Lipinski definition) is 1. The van der Waals surface area contributed by atoms with Crippen LogP contribution in [0, 0.1) is 6.92 Å². The number of rotatable bonds is 5. The Balaban J connectivity index is 2.36. The number of benzene rings is 1. The van der Waals surface area contributed by atoms with Crippen LogP contribution in [0.5, 0.6) is 5.75 Å². The predicted octanol–water partition coefficient (Wildman–Crippen LogP) is 2.22. The summed E-state index contributed by atoms with van der Waals surface area (Å²) in [5.41, 5.74) is 9.26. The van der Waals surface area contributed by atoms with Crippen molar-refractivity contribution in [3.8, 4) is 5.75 Å². The van der Waals surface area contributed by atoms with Crippen molar-refractivity contribution in [3.63, 3.8) is 0 Å². The molecule has 0 bridgehead atoms. The highest BCUT2D eigenvalue weighted by Gasteiger charge is 2.17. The van der Waals surface area contributed by atoms with Gasteiger partial charge in [0.2, 0.25) is 0 Å². The molecule has 1 unspecified atom stereocenters. The zero-order valence-corrected chi connectivity index (χ0v) is 11.8. The first kappa shape index (κ1) is 13.6. The summed E-state index contributed by atoms with van der Waals surface area (Å²) in [6, 6.07) is 10.2. The molecule has 0 amide bonds. The summed E-state index contributed by atoms with van der Waals surface area (Å²) >= 11 is 0. The zero-order chi connectivity index (χ0) is 13.8. The Kier molecular flexibility index (Phi) is 4.22. The lowest BCUT2D eigenvalue weighted by molar-refractivity contribution is 0.339.